The van der Waals surface area contributed by atoms with Crippen molar-refractivity contribution in [1.29, 1.82) is 0 Å². The lowest BCUT2D eigenvalue weighted by Gasteiger charge is -2.31. The maximum absolute atomic E-state index is 13.5. The number of fused-ring (bicyclic) bond motifs is 1. The van der Waals surface area contributed by atoms with Crippen LogP contribution in [-0.4, -0.2) is 42.7 Å². The maximum Gasteiger partial charge on any atom is 0.243 e. The van der Waals surface area contributed by atoms with Gasteiger partial charge < -0.3 is 24.4 Å². The number of benzene rings is 2. The van der Waals surface area contributed by atoms with Crippen LogP contribution < -0.4 is 19.5 Å². The van der Waals surface area contributed by atoms with Crippen LogP contribution in [0, 0.1) is 0 Å². The molecule has 2 aliphatic rings. The molecular weight excluding hydrogens is 432 g/mol. The van der Waals surface area contributed by atoms with E-state index < -0.39 is 6.04 Å². The highest BCUT2D eigenvalue weighted by Gasteiger charge is 2.30. The number of ether oxygens (including phenoxy) is 3. The number of nitrogens with one attached hydrogen (secondary N) is 1. The third kappa shape index (κ3) is 5.82. The Labute approximate surface area is 201 Å². The first-order valence-corrected chi connectivity index (χ1v) is 12.2. The summed E-state index contributed by atoms with van der Waals surface area (Å²) in [5, 5.41) is 3.19. The van der Waals surface area contributed by atoms with Gasteiger partial charge in [-0.2, -0.15) is 0 Å². The van der Waals surface area contributed by atoms with Gasteiger partial charge in [0.2, 0.25) is 18.6 Å². The van der Waals surface area contributed by atoms with E-state index in [0.717, 1.165) is 48.3 Å². The van der Waals surface area contributed by atoms with Crippen LogP contribution in [0.2, 0.25) is 0 Å². The van der Waals surface area contributed by atoms with Crippen LogP contribution in [0.1, 0.15) is 56.6 Å². The molecule has 1 atom stereocenters. The first-order valence-electron chi connectivity index (χ1n) is 12.2. The minimum Gasteiger partial charge on any atom is -0.497 e. The van der Waals surface area contributed by atoms with Crippen molar-refractivity contribution in [3.63, 3.8) is 0 Å². The van der Waals surface area contributed by atoms with Gasteiger partial charge in [0.1, 0.15) is 11.8 Å². The van der Waals surface area contributed by atoms with Crippen LogP contribution in [0.25, 0.3) is 0 Å². The molecule has 2 amide bonds. The number of carbonyl (C=O) groups is 2. The molecule has 2 aromatic rings. The molecule has 0 aromatic heterocycles. The second kappa shape index (κ2) is 11.3. The number of methoxy groups -OCH3 is 1. The largest absolute Gasteiger partial charge is 0.497 e. The van der Waals surface area contributed by atoms with Crippen LogP contribution in [0.3, 0.4) is 0 Å². The second-order valence-corrected chi connectivity index (χ2v) is 8.97. The fourth-order valence-corrected chi connectivity index (χ4v) is 4.71. The Hall–Kier alpha value is -3.22. The lowest BCUT2D eigenvalue weighted by molar-refractivity contribution is -0.141. The number of aryl methyl sites for hydroxylation is 1. The van der Waals surface area contributed by atoms with Gasteiger partial charge >= 0.3 is 0 Å². The van der Waals surface area contributed by atoms with Crippen LogP contribution in [-0.2, 0) is 22.6 Å². The van der Waals surface area contributed by atoms with E-state index in [1.54, 1.807) is 12.0 Å². The zero-order valence-electron chi connectivity index (χ0n) is 20.0. The van der Waals surface area contributed by atoms with E-state index in [1.807, 2.05) is 49.4 Å². The number of carbonyl (C=O) groups excluding carboxylic acids is 2. The molecule has 0 spiro atoms. The summed E-state index contributed by atoms with van der Waals surface area (Å²) in [5.41, 5.74) is 1.97. The fraction of sp³-hybridized carbons (Fsp3) is 0.481. The van der Waals surface area contributed by atoms with Crippen LogP contribution >= 0.6 is 0 Å². The van der Waals surface area contributed by atoms with E-state index in [0.29, 0.717) is 31.6 Å². The lowest BCUT2D eigenvalue weighted by atomic mass is 10.1. The molecular formula is C27H34N2O5. The van der Waals surface area contributed by atoms with Crippen molar-refractivity contribution < 1.29 is 23.8 Å². The molecule has 0 bridgehead atoms. The summed E-state index contributed by atoms with van der Waals surface area (Å²) < 4.78 is 16.1. The summed E-state index contributed by atoms with van der Waals surface area (Å²) in [7, 11) is 1.63. The molecule has 7 heteroatoms. The number of hydrogen-bond donors (Lipinski definition) is 1. The van der Waals surface area contributed by atoms with Gasteiger partial charge in [-0.1, -0.05) is 38.0 Å². The molecule has 1 heterocycles. The molecule has 2 aromatic carbocycles. The van der Waals surface area contributed by atoms with E-state index in [2.05, 4.69) is 5.32 Å². The standard InChI is InChI=1S/C27H34N2O5/c1-3-23(27(31)28-21-6-4-5-7-21)29(17-20-8-12-22(32-2)13-9-20)26(30)15-11-19-10-14-24-25(16-19)34-18-33-24/h8-10,12-14,16,21,23H,3-7,11,15,17-18H2,1-2H3,(H,28,31)/t23-/m1/s1. The van der Waals surface area contributed by atoms with Crippen molar-refractivity contribution >= 4 is 11.8 Å². The number of amides is 2. The Morgan fingerprint density at radius 3 is 2.47 bits per heavy atom. The van der Waals surface area contributed by atoms with Crippen LogP contribution in [0.15, 0.2) is 42.5 Å². The lowest BCUT2D eigenvalue weighted by Crippen LogP contribution is -2.51. The highest BCUT2D eigenvalue weighted by Crippen LogP contribution is 2.33. The van der Waals surface area contributed by atoms with Gasteiger partial charge in [0, 0.05) is 19.0 Å². The summed E-state index contributed by atoms with van der Waals surface area (Å²) in [6.45, 7) is 2.56. The molecule has 1 saturated carbocycles. The summed E-state index contributed by atoms with van der Waals surface area (Å²) >= 11 is 0. The quantitative estimate of drug-likeness (QED) is 0.567. The maximum atomic E-state index is 13.5. The minimum absolute atomic E-state index is 0.0399. The van der Waals surface area contributed by atoms with Crippen molar-refractivity contribution in [2.45, 2.75) is 70.5 Å². The predicted molar refractivity (Wildman–Crippen MR) is 129 cm³/mol. The van der Waals surface area contributed by atoms with Crippen molar-refractivity contribution in [3.05, 3.63) is 53.6 Å². The molecule has 0 radical (unpaired) electrons. The van der Waals surface area contributed by atoms with Gasteiger partial charge in [0.05, 0.1) is 7.11 Å². The average Bonchev–Trinajstić information content (AvgIpc) is 3.54. The SMILES string of the molecule is CC[C@H](C(=O)NC1CCCC1)N(Cc1ccc(OC)cc1)C(=O)CCc1ccc2c(c1)OCO2. The van der Waals surface area contributed by atoms with Crippen molar-refractivity contribution in [2.24, 2.45) is 0 Å². The number of hydrogen-bond acceptors (Lipinski definition) is 5. The summed E-state index contributed by atoms with van der Waals surface area (Å²) in [6, 6.07) is 13.1. The van der Waals surface area contributed by atoms with E-state index in [-0.39, 0.29) is 24.6 Å². The molecule has 1 aliphatic heterocycles. The Balaban J connectivity index is 1.48. The Kier molecular flexibility index (Phi) is 7.93. The molecule has 0 saturated heterocycles. The third-order valence-corrected chi connectivity index (χ3v) is 6.66. The van der Waals surface area contributed by atoms with Gasteiger partial charge in [-0.15, -0.1) is 0 Å². The summed E-state index contributed by atoms with van der Waals surface area (Å²) in [4.78, 5) is 28.4. The Bertz CT molecular complexity index is 985. The Morgan fingerprint density at radius 1 is 1.06 bits per heavy atom. The zero-order valence-corrected chi connectivity index (χ0v) is 20.0. The topological polar surface area (TPSA) is 77.1 Å². The fourth-order valence-electron chi connectivity index (χ4n) is 4.71. The predicted octanol–water partition coefficient (Wildman–Crippen LogP) is 4.22. The van der Waals surface area contributed by atoms with E-state index in [1.165, 1.54) is 0 Å². The molecule has 0 unspecified atom stereocenters. The molecule has 1 fully saturated rings. The van der Waals surface area contributed by atoms with Crippen LogP contribution in [0.5, 0.6) is 17.2 Å². The third-order valence-electron chi connectivity index (χ3n) is 6.66. The Morgan fingerprint density at radius 2 is 1.76 bits per heavy atom. The summed E-state index contributed by atoms with van der Waals surface area (Å²) in [5.74, 6) is 2.10. The number of nitrogens with zero attached hydrogens (tertiary/aromatic N) is 1. The highest BCUT2D eigenvalue weighted by atomic mass is 16.7. The molecule has 7 nitrogen and oxygen atoms in total. The normalized spacial score (nSPS) is 15.7. The molecule has 4 rings (SSSR count). The average molecular weight is 467 g/mol. The van der Waals surface area contributed by atoms with Gasteiger partial charge in [-0.3, -0.25) is 9.59 Å². The number of rotatable bonds is 10. The highest BCUT2D eigenvalue weighted by molar-refractivity contribution is 5.88. The van der Waals surface area contributed by atoms with Crippen LogP contribution in [0.4, 0.5) is 0 Å². The van der Waals surface area contributed by atoms with E-state index in [4.69, 9.17) is 14.2 Å². The smallest absolute Gasteiger partial charge is 0.243 e. The van der Waals surface area contributed by atoms with Crippen molar-refractivity contribution in [2.75, 3.05) is 13.9 Å². The van der Waals surface area contributed by atoms with Crippen molar-refractivity contribution in [3.8, 4) is 17.2 Å². The summed E-state index contributed by atoms with van der Waals surface area (Å²) in [6.07, 6.45) is 5.75. The second-order valence-electron chi connectivity index (χ2n) is 8.97. The monoisotopic (exact) mass is 466 g/mol. The van der Waals surface area contributed by atoms with Gasteiger partial charge in [-0.05, 0) is 61.1 Å². The van der Waals surface area contributed by atoms with Gasteiger partial charge in [0.25, 0.3) is 0 Å². The first-order chi connectivity index (χ1) is 16.6. The first kappa shape index (κ1) is 23.9. The van der Waals surface area contributed by atoms with E-state index >= 15 is 0 Å². The minimum atomic E-state index is -0.507. The molecule has 34 heavy (non-hydrogen) atoms. The molecule has 1 N–H and O–H groups in total. The van der Waals surface area contributed by atoms with Crippen molar-refractivity contribution in [1.82, 2.24) is 10.2 Å². The molecule has 1 aliphatic carbocycles. The van der Waals surface area contributed by atoms with Gasteiger partial charge in [-0.25, -0.2) is 0 Å². The zero-order chi connectivity index (χ0) is 23.9. The van der Waals surface area contributed by atoms with Gasteiger partial charge in [0.15, 0.2) is 11.5 Å². The van der Waals surface area contributed by atoms with E-state index in [9.17, 15) is 9.59 Å². The molecule has 182 valence electrons.